The van der Waals surface area contributed by atoms with Crippen LogP contribution in [0.2, 0.25) is 5.02 Å². The predicted octanol–water partition coefficient (Wildman–Crippen LogP) is 5.71. The monoisotopic (exact) mass is 805 g/mol. The number of imide groups is 1. The second kappa shape index (κ2) is 16.3. The Balaban J connectivity index is 0.838. The van der Waals surface area contributed by atoms with Crippen molar-refractivity contribution in [2.75, 3.05) is 61.9 Å². The lowest BCUT2D eigenvalue weighted by Gasteiger charge is -2.40. The van der Waals surface area contributed by atoms with E-state index in [2.05, 4.69) is 36.9 Å². The van der Waals surface area contributed by atoms with Gasteiger partial charge in [-0.1, -0.05) is 35.9 Å². The Morgan fingerprint density at radius 3 is 2.38 bits per heavy atom. The summed E-state index contributed by atoms with van der Waals surface area (Å²) >= 11 is 6.41. The van der Waals surface area contributed by atoms with E-state index in [1.54, 1.807) is 30.2 Å². The van der Waals surface area contributed by atoms with Gasteiger partial charge in [0.05, 0.1) is 24.7 Å². The molecule has 1 atom stereocenters. The molecule has 4 aliphatic heterocycles. The van der Waals surface area contributed by atoms with Crippen LogP contribution in [0, 0.1) is 0 Å². The lowest BCUT2D eigenvalue weighted by Crippen LogP contribution is -2.54. The van der Waals surface area contributed by atoms with Gasteiger partial charge in [-0.2, -0.15) is 4.98 Å². The predicted molar refractivity (Wildman–Crippen MR) is 218 cm³/mol. The van der Waals surface area contributed by atoms with E-state index in [9.17, 15) is 24.0 Å². The number of benzene rings is 3. The number of para-hydroxylation sites is 1. The van der Waals surface area contributed by atoms with Crippen molar-refractivity contribution in [3.63, 3.8) is 0 Å². The lowest BCUT2D eigenvalue weighted by atomic mass is 9.88. The van der Waals surface area contributed by atoms with Crippen LogP contribution in [0.3, 0.4) is 0 Å². The average Bonchev–Trinajstić information content (AvgIpc) is 3.56. The van der Waals surface area contributed by atoms with Gasteiger partial charge in [0.25, 0.3) is 5.91 Å². The lowest BCUT2D eigenvalue weighted by molar-refractivity contribution is -0.136. The average molecular weight is 806 g/mol. The van der Waals surface area contributed by atoms with Crippen LogP contribution in [0.1, 0.15) is 70.4 Å². The number of ketones is 1. The number of amides is 5. The maximum absolute atomic E-state index is 13.6. The maximum atomic E-state index is 13.6. The number of hydrogen-bond donors (Lipinski definition) is 3. The van der Waals surface area contributed by atoms with Crippen LogP contribution in [0.25, 0.3) is 0 Å². The molecule has 4 aliphatic rings. The number of halogens is 1. The number of fused-ring (bicyclic) bond motifs is 1. The summed E-state index contributed by atoms with van der Waals surface area (Å²) in [6, 6.07) is 18.3. The highest BCUT2D eigenvalue weighted by Crippen LogP contribution is 2.36. The van der Waals surface area contributed by atoms with Gasteiger partial charge >= 0.3 is 6.03 Å². The molecule has 300 valence electrons. The van der Waals surface area contributed by atoms with Crippen molar-refractivity contribution < 1.29 is 28.7 Å². The number of rotatable bonds is 9. The fraction of sp³-hybridized carbons (Fsp3) is 0.357. The molecule has 4 aromatic rings. The van der Waals surface area contributed by atoms with Crippen LogP contribution in [0.5, 0.6) is 5.75 Å². The highest BCUT2D eigenvalue weighted by atomic mass is 35.5. The van der Waals surface area contributed by atoms with E-state index in [1.807, 2.05) is 46.2 Å². The van der Waals surface area contributed by atoms with Crippen LogP contribution in [-0.2, 0) is 16.1 Å². The molecule has 3 N–H and O–H groups in total. The van der Waals surface area contributed by atoms with Gasteiger partial charge in [-0.15, -0.1) is 0 Å². The van der Waals surface area contributed by atoms with E-state index < -0.39 is 11.9 Å². The molecular formula is C42H44ClN9O6. The number of aromatic nitrogens is 2. The maximum Gasteiger partial charge on any atom is 0.320 e. The zero-order valence-corrected chi connectivity index (χ0v) is 33.1. The molecule has 1 unspecified atom stereocenters. The van der Waals surface area contributed by atoms with Gasteiger partial charge < -0.3 is 35.0 Å². The van der Waals surface area contributed by atoms with E-state index in [0.717, 1.165) is 29.7 Å². The Hall–Kier alpha value is -6.22. The molecule has 0 aliphatic carbocycles. The molecule has 3 saturated heterocycles. The molecular weight excluding hydrogens is 762 g/mol. The number of nitrogens with zero attached hydrogens (tertiary/aromatic N) is 6. The van der Waals surface area contributed by atoms with Crippen molar-refractivity contribution in [3.8, 4) is 5.75 Å². The van der Waals surface area contributed by atoms with E-state index in [0.29, 0.717) is 91.3 Å². The van der Waals surface area contributed by atoms with Crippen molar-refractivity contribution >= 4 is 70.0 Å². The van der Waals surface area contributed by atoms with Crippen LogP contribution in [0.15, 0.2) is 66.9 Å². The number of Topliss-reactive ketones (excluding diaryl/α,β-unsaturated/α-hetero) is 1. The fourth-order valence-corrected chi connectivity index (χ4v) is 8.39. The number of anilines is 5. The molecule has 16 heteroatoms. The SMILES string of the molecule is COc1cc(N2CCN(C(=O)N3CCC(c4ccc5c(c4)CN(C4CCC(=O)NC4=O)C5=O)CC3)CC2)ccc1Nc1ncc(Cl)c(Nc2ccccc2C(C)=O)n1. The van der Waals surface area contributed by atoms with E-state index in [4.69, 9.17) is 16.3 Å². The number of hydrogen-bond acceptors (Lipinski definition) is 11. The van der Waals surface area contributed by atoms with Gasteiger partial charge in [-0.05, 0) is 73.6 Å². The number of piperidine rings is 2. The van der Waals surface area contributed by atoms with Crippen molar-refractivity contribution in [1.82, 2.24) is 30.0 Å². The van der Waals surface area contributed by atoms with Gasteiger partial charge in [0, 0.05) is 75.1 Å². The second-order valence-electron chi connectivity index (χ2n) is 15.0. The Kier molecular flexibility index (Phi) is 10.9. The molecule has 8 rings (SSSR count). The molecule has 0 radical (unpaired) electrons. The van der Waals surface area contributed by atoms with E-state index in [-0.39, 0.29) is 41.9 Å². The first-order valence-corrected chi connectivity index (χ1v) is 19.8. The Labute approximate surface area is 340 Å². The summed E-state index contributed by atoms with van der Waals surface area (Å²) < 4.78 is 5.75. The van der Waals surface area contributed by atoms with E-state index >= 15 is 0 Å². The minimum atomic E-state index is -0.636. The molecule has 3 aromatic carbocycles. The van der Waals surface area contributed by atoms with Gasteiger partial charge in [0.2, 0.25) is 17.8 Å². The molecule has 5 heterocycles. The Bertz CT molecular complexity index is 2290. The molecule has 5 amide bonds. The first kappa shape index (κ1) is 38.6. The smallest absolute Gasteiger partial charge is 0.320 e. The van der Waals surface area contributed by atoms with Gasteiger partial charge in [-0.3, -0.25) is 24.5 Å². The summed E-state index contributed by atoms with van der Waals surface area (Å²) in [7, 11) is 1.60. The molecule has 1 aromatic heterocycles. The number of urea groups is 1. The molecule has 58 heavy (non-hydrogen) atoms. The number of likely N-dealkylation sites (tertiary alicyclic amines) is 1. The zero-order valence-electron chi connectivity index (χ0n) is 32.3. The third-order valence-electron chi connectivity index (χ3n) is 11.4. The van der Waals surface area contributed by atoms with Crippen LogP contribution in [0.4, 0.5) is 33.6 Å². The molecule has 0 bridgehead atoms. The molecule has 0 saturated carbocycles. The summed E-state index contributed by atoms with van der Waals surface area (Å²) in [5, 5.41) is 9.02. The zero-order chi connectivity index (χ0) is 40.5. The van der Waals surface area contributed by atoms with Crippen LogP contribution < -0.4 is 25.6 Å². The summed E-state index contributed by atoms with van der Waals surface area (Å²) in [6.45, 7) is 5.65. The number of carbonyl (C=O) groups is 5. The number of carbonyl (C=O) groups excluding carboxylic acids is 5. The van der Waals surface area contributed by atoms with Crippen LogP contribution in [-0.4, -0.2) is 107 Å². The van der Waals surface area contributed by atoms with Crippen molar-refractivity contribution in [1.29, 1.82) is 0 Å². The first-order valence-electron chi connectivity index (χ1n) is 19.5. The highest BCUT2D eigenvalue weighted by Gasteiger charge is 2.39. The third kappa shape index (κ3) is 7.86. The fourth-order valence-electron chi connectivity index (χ4n) is 8.25. The second-order valence-corrected chi connectivity index (χ2v) is 15.4. The number of piperazine rings is 1. The normalized spacial score (nSPS) is 18.5. The third-order valence-corrected chi connectivity index (χ3v) is 11.7. The van der Waals surface area contributed by atoms with Gasteiger partial charge in [0.15, 0.2) is 11.6 Å². The van der Waals surface area contributed by atoms with Crippen molar-refractivity contribution in [2.45, 2.75) is 51.1 Å². The quantitative estimate of drug-likeness (QED) is 0.140. The molecule has 3 fully saturated rings. The Morgan fingerprint density at radius 1 is 0.879 bits per heavy atom. The largest absolute Gasteiger partial charge is 0.494 e. The minimum Gasteiger partial charge on any atom is -0.494 e. The standard InChI is InChI=1S/C42H44ClN9O6/c1-25(53)30-5-3-4-6-33(30)45-38-32(43)23-44-41(48-38)46-34-10-8-29(22-36(34)58-2)49-17-19-51(20-18-49)42(57)50-15-13-26(14-16-50)27-7-9-31-28(21-27)24-52(40(31)56)35-11-12-37(54)47-39(35)55/h3-10,21-23,26,35H,11-20,24H2,1-2H3,(H,47,54,55)(H2,44,45,46,48). The topological polar surface area (TPSA) is 169 Å². The minimum absolute atomic E-state index is 0.0521. The van der Waals surface area contributed by atoms with Gasteiger partial charge in [-0.25, -0.2) is 9.78 Å². The first-order chi connectivity index (χ1) is 28.1. The number of nitrogens with one attached hydrogen (secondary N) is 3. The summed E-state index contributed by atoms with van der Waals surface area (Å²) in [6.07, 6.45) is 3.69. The van der Waals surface area contributed by atoms with Gasteiger partial charge in [0.1, 0.15) is 16.8 Å². The van der Waals surface area contributed by atoms with Crippen LogP contribution >= 0.6 is 11.6 Å². The summed E-state index contributed by atoms with van der Waals surface area (Å²) in [5.41, 5.74) is 5.38. The van der Waals surface area contributed by atoms with Crippen molar-refractivity contribution in [3.05, 3.63) is 94.1 Å². The molecule has 0 spiro atoms. The molecule has 15 nitrogen and oxygen atoms in total. The summed E-state index contributed by atoms with van der Waals surface area (Å²) in [5.74, 6) is 0.519. The summed E-state index contributed by atoms with van der Waals surface area (Å²) in [4.78, 5) is 79.6. The highest BCUT2D eigenvalue weighted by molar-refractivity contribution is 6.33. The number of methoxy groups -OCH3 is 1. The Morgan fingerprint density at radius 2 is 1.64 bits per heavy atom. The number of ether oxygens (including phenoxy) is 1. The van der Waals surface area contributed by atoms with Crippen molar-refractivity contribution in [2.24, 2.45) is 0 Å². The van der Waals surface area contributed by atoms with E-state index in [1.165, 1.54) is 13.1 Å².